The van der Waals surface area contributed by atoms with Gasteiger partial charge in [-0.3, -0.25) is 4.79 Å². The van der Waals surface area contributed by atoms with Gasteiger partial charge in [-0.05, 0) is 18.6 Å². The number of hydrogen-bond acceptors (Lipinski definition) is 2. The first-order valence-corrected chi connectivity index (χ1v) is 4.89. The molecule has 0 saturated carbocycles. The SMILES string of the molecule is O=CN1CCCN(c2ccccc2)C1. The van der Waals surface area contributed by atoms with Crippen LogP contribution in [0.4, 0.5) is 5.69 Å². The molecule has 74 valence electrons. The summed E-state index contributed by atoms with van der Waals surface area (Å²) >= 11 is 0. The summed E-state index contributed by atoms with van der Waals surface area (Å²) in [7, 11) is 0. The fourth-order valence-corrected chi connectivity index (χ4v) is 1.76. The quantitative estimate of drug-likeness (QED) is 0.656. The number of amides is 1. The van der Waals surface area contributed by atoms with Crippen molar-refractivity contribution in [2.45, 2.75) is 6.42 Å². The smallest absolute Gasteiger partial charge is 0.211 e. The van der Waals surface area contributed by atoms with Gasteiger partial charge in [0, 0.05) is 18.8 Å². The van der Waals surface area contributed by atoms with E-state index in [0.29, 0.717) is 6.67 Å². The summed E-state index contributed by atoms with van der Waals surface area (Å²) in [6, 6.07) is 10.2. The molecule has 2 rings (SSSR count). The van der Waals surface area contributed by atoms with Gasteiger partial charge in [-0.15, -0.1) is 0 Å². The highest BCUT2D eigenvalue weighted by atomic mass is 16.1. The Balaban J connectivity index is 2.08. The maximum absolute atomic E-state index is 10.6. The number of carbonyl (C=O) groups excluding carboxylic acids is 1. The van der Waals surface area contributed by atoms with E-state index in [9.17, 15) is 4.79 Å². The molecule has 3 nitrogen and oxygen atoms in total. The molecule has 14 heavy (non-hydrogen) atoms. The topological polar surface area (TPSA) is 23.6 Å². The van der Waals surface area contributed by atoms with Gasteiger partial charge in [0.1, 0.15) is 0 Å². The fraction of sp³-hybridized carbons (Fsp3) is 0.364. The van der Waals surface area contributed by atoms with Crippen molar-refractivity contribution in [2.24, 2.45) is 0 Å². The van der Waals surface area contributed by atoms with Crippen LogP contribution >= 0.6 is 0 Å². The van der Waals surface area contributed by atoms with Gasteiger partial charge in [-0.2, -0.15) is 0 Å². The van der Waals surface area contributed by atoms with Gasteiger partial charge >= 0.3 is 0 Å². The number of hydrogen-bond donors (Lipinski definition) is 0. The molecule has 1 aliphatic rings. The minimum Gasteiger partial charge on any atom is -0.354 e. The van der Waals surface area contributed by atoms with E-state index >= 15 is 0 Å². The number of anilines is 1. The van der Waals surface area contributed by atoms with Crippen molar-refractivity contribution >= 4 is 12.1 Å². The van der Waals surface area contributed by atoms with Crippen molar-refractivity contribution in [2.75, 3.05) is 24.7 Å². The minimum absolute atomic E-state index is 0.716. The molecule has 0 N–H and O–H groups in total. The van der Waals surface area contributed by atoms with Crippen LogP contribution in [0.25, 0.3) is 0 Å². The van der Waals surface area contributed by atoms with Gasteiger partial charge in [0.15, 0.2) is 0 Å². The minimum atomic E-state index is 0.716. The molecule has 0 aromatic heterocycles. The van der Waals surface area contributed by atoms with E-state index < -0.39 is 0 Å². The maximum Gasteiger partial charge on any atom is 0.211 e. The summed E-state index contributed by atoms with van der Waals surface area (Å²) in [6.45, 7) is 2.63. The first-order valence-electron chi connectivity index (χ1n) is 4.89. The zero-order valence-electron chi connectivity index (χ0n) is 8.10. The predicted octanol–water partition coefficient (Wildman–Crippen LogP) is 1.31. The third-order valence-corrected chi connectivity index (χ3v) is 2.50. The molecule has 1 aromatic rings. The van der Waals surface area contributed by atoms with Gasteiger partial charge in [0.2, 0.25) is 6.41 Å². The van der Waals surface area contributed by atoms with Crippen molar-refractivity contribution < 1.29 is 4.79 Å². The summed E-state index contributed by atoms with van der Waals surface area (Å²) in [5.74, 6) is 0. The Morgan fingerprint density at radius 1 is 1.14 bits per heavy atom. The summed E-state index contributed by atoms with van der Waals surface area (Å²) in [6.07, 6.45) is 1.97. The van der Waals surface area contributed by atoms with Crippen LogP contribution < -0.4 is 4.90 Å². The summed E-state index contributed by atoms with van der Waals surface area (Å²) < 4.78 is 0. The first-order chi connectivity index (χ1) is 6.90. The highest BCUT2D eigenvalue weighted by Gasteiger charge is 2.15. The van der Waals surface area contributed by atoms with Gasteiger partial charge < -0.3 is 9.80 Å². The van der Waals surface area contributed by atoms with Gasteiger partial charge in [-0.25, -0.2) is 0 Å². The molecular weight excluding hydrogens is 176 g/mol. The molecule has 0 atom stereocenters. The molecule has 1 saturated heterocycles. The fourth-order valence-electron chi connectivity index (χ4n) is 1.76. The van der Waals surface area contributed by atoms with Gasteiger partial charge in [0.25, 0.3) is 0 Å². The molecule has 0 radical (unpaired) electrons. The monoisotopic (exact) mass is 190 g/mol. The normalized spacial score (nSPS) is 16.9. The highest BCUT2D eigenvalue weighted by molar-refractivity contribution is 5.51. The Bertz CT molecular complexity index is 299. The standard InChI is InChI=1S/C11H14N2O/c14-10-12-7-4-8-13(9-12)11-5-2-1-3-6-11/h1-3,5-6,10H,4,7-9H2. The van der Waals surface area contributed by atoms with Gasteiger partial charge in [-0.1, -0.05) is 18.2 Å². The first kappa shape index (κ1) is 9.06. The summed E-state index contributed by atoms with van der Waals surface area (Å²) in [5, 5.41) is 0. The summed E-state index contributed by atoms with van der Waals surface area (Å²) in [5.41, 5.74) is 1.19. The lowest BCUT2D eigenvalue weighted by atomic mass is 10.2. The average Bonchev–Trinajstić information content (AvgIpc) is 2.30. The molecule has 0 aliphatic carbocycles. The second-order valence-electron chi connectivity index (χ2n) is 3.51. The molecule has 1 fully saturated rings. The number of carbonyl (C=O) groups is 1. The Morgan fingerprint density at radius 3 is 2.64 bits per heavy atom. The van der Waals surface area contributed by atoms with Crippen LogP contribution in [0.1, 0.15) is 6.42 Å². The third kappa shape index (κ3) is 1.87. The Kier molecular flexibility index (Phi) is 2.68. The number of para-hydroxylation sites is 1. The van der Waals surface area contributed by atoms with E-state index in [1.807, 2.05) is 18.2 Å². The van der Waals surface area contributed by atoms with Crippen molar-refractivity contribution in [3.05, 3.63) is 30.3 Å². The molecule has 0 spiro atoms. The van der Waals surface area contributed by atoms with E-state index in [0.717, 1.165) is 25.9 Å². The maximum atomic E-state index is 10.6. The second kappa shape index (κ2) is 4.13. The van der Waals surface area contributed by atoms with E-state index in [-0.39, 0.29) is 0 Å². The van der Waals surface area contributed by atoms with Gasteiger partial charge in [0.05, 0.1) is 6.67 Å². The lowest BCUT2D eigenvalue weighted by Gasteiger charge is -2.34. The Hall–Kier alpha value is -1.51. The van der Waals surface area contributed by atoms with E-state index in [2.05, 4.69) is 17.0 Å². The van der Waals surface area contributed by atoms with Crippen LogP contribution in [-0.2, 0) is 4.79 Å². The largest absolute Gasteiger partial charge is 0.354 e. The molecule has 3 heteroatoms. The van der Waals surface area contributed by atoms with E-state index in [4.69, 9.17) is 0 Å². The molecule has 1 heterocycles. The van der Waals surface area contributed by atoms with Crippen LogP contribution in [0.15, 0.2) is 30.3 Å². The summed E-state index contributed by atoms with van der Waals surface area (Å²) in [4.78, 5) is 14.7. The Labute approximate surface area is 83.9 Å². The molecule has 1 aliphatic heterocycles. The van der Waals surface area contributed by atoms with Crippen molar-refractivity contribution in [1.82, 2.24) is 4.90 Å². The number of rotatable bonds is 2. The van der Waals surface area contributed by atoms with Crippen molar-refractivity contribution in [1.29, 1.82) is 0 Å². The zero-order valence-corrected chi connectivity index (χ0v) is 8.10. The Morgan fingerprint density at radius 2 is 1.93 bits per heavy atom. The van der Waals surface area contributed by atoms with E-state index in [1.165, 1.54) is 5.69 Å². The van der Waals surface area contributed by atoms with E-state index in [1.54, 1.807) is 4.90 Å². The lowest BCUT2D eigenvalue weighted by molar-refractivity contribution is -0.118. The molecule has 1 amide bonds. The third-order valence-electron chi connectivity index (χ3n) is 2.50. The molecular formula is C11H14N2O. The van der Waals surface area contributed by atoms with Crippen LogP contribution in [0.5, 0.6) is 0 Å². The predicted molar refractivity (Wildman–Crippen MR) is 56.0 cm³/mol. The highest BCUT2D eigenvalue weighted by Crippen LogP contribution is 2.16. The molecule has 0 bridgehead atoms. The van der Waals surface area contributed by atoms with Crippen LogP contribution in [0.2, 0.25) is 0 Å². The van der Waals surface area contributed by atoms with Crippen LogP contribution in [0.3, 0.4) is 0 Å². The second-order valence-corrected chi connectivity index (χ2v) is 3.51. The number of nitrogens with zero attached hydrogens (tertiary/aromatic N) is 2. The number of benzene rings is 1. The zero-order chi connectivity index (χ0) is 9.80. The molecule has 0 unspecified atom stereocenters. The van der Waals surface area contributed by atoms with Crippen molar-refractivity contribution in [3.63, 3.8) is 0 Å². The van der Waals surface area contributed by atoms with Crippen LogP contribution in [-0.4, -0.2) is 31.1 Å². The average molecular weight is 190 g/mol. The van der Waals surface area contributed by atoms with Crippen molar-refractivity contribution in [3.8, 4) is 0 Å². The lowest BCUT2D eigenvalue weighted by Crippen LogP contribution is -2.44. The molecule has 1 aromatic carbocycles. The van der Waals surface area contributed by atoms with Crippen LogP contribution in [0, 0.1) is 0 Å².